The van der Waals surface area contributed by atoms with Gasteiger partial charge < -0.3 is 9.30 Å². The van der Waals surface area contributed by atoms with E-state index in [1.54, 1.807) is 0 Å². The third-order valence-corrected chi connectivity index (χ3v) is 13.7. The summed E-state index contributed by atoms with van der Waals surface area (Å²) in [6, 6.07) is 89.9. The van der Waals surface area contributed by atoms with Gasteiger partial charge in [0.15, 0.2) is 0 Å². The zero-order valence-corrected chi connectivity index (χ0v) is 37.8. The molecule has 0 amide bonds. The van der Waals surface area contributed by atoms with Crippen molar-refractivity contribution in [3.05, 3.63) is 249 Å². The molecule has 10 aromatic carbocycles. The summed E-state index contributed by atoms with van der Waals surface area (Å²) in [6.45, 7) is 0. The van der Waals surface area contributed by atoms with Crippen molar-refractivity contribution >= 4 is 83.1 Å². The maximum Gasteiger partial charge on any atom is 0.503 e. The van der Waals surface area contributed by atoms with Crippen molar-refractivity contribution in [2.75, 3.05) is 0 Å². The molecule has 6 nitrogen and oxygen atoms in total. The van der Waals surface area contributed by atoms with Crippen molar-refractivity contribution in [2.45, 2.75) is 0 Å². The molecule has 0 bridgehead atoms. The first kappa shape index (κ1) is 39.5. The minimum atomic E-state index is 0.687. The molecule has 0 aliphatic carbocycles. The maximum absolute atomic E-state index is 7.14. The second kappa shape index (κ2) is 16.0. The number of benzene rings is 10. The summed E-state index contributed by atoms with van der Waals surface area (Å²) in [5.74, 6) is 2.25. The van der Waals surface area contributed by atoms with Crippen LogP contribution in [0.4, 0.5) is 22.7 Å². The first-order valence-electron chi connectivity index (χ1n) is 23.6. The highest BCUT2D eigenvalue weighted by Crippen LogP contribution is 2.48. The second-order valence-corrected chi connectivity index (χ2v) is 17.7. The number of hydrogen-bond donors (Lipinski definition) is 0. The predicted molar refractivity (Wildman–Crippen MR) is 289 cm³/mol. The third kappa shape index (κ3) is 6.32. The monoisotopic (exact) mass is 895 g/mol. The Labute approximate surface area is 403 Å². The number of hydrogen-bond acceptors (Lipinski definition) is 2. The van der Waals surface area contributed by atoms with Crippen LogP contribution in [0, 0.1) is 0 Å². The number of pyridine rings is 1. The van der Waals surface area contributed by atoms with Gasteiger partial charge in [0.25, 0.3) is 5.69 Å². The van der Waals surface area contributed by atoms with E-state index in [1.807, 2.05) is 18.3 Å². The van der Waals surface area contributed by atoms with Gasteiger partial charge in [-0.25, -0.2) is 4.98 Å². The molecule has 0 fully saturated rings. The van der Waals surface area contributed by atoms with Crippen LogP contribution in [0.2, 0.25) is 0 Å². The zero-order valence-electron chi connectivity index (χ0n) is 37.8. The van der Waals surface area contributed by atoms with Gasteiger partial charge in [0.1, 0.15) is 17.3 Å². The molecule has 1 aliphatic rings. The fourth-order valence-electron chi connectivity index (χ4n) is 10.7. The van der Waals surface area contributed by atoms with E-state index in [0.717, 1.165) is 100 Å². The van der Waals surface area contributed by atoms with Crippen LogP contribution in [-0.2, 0) is 0 Å². The molecule has 70 heavy (non-hydrogen) atoms. The number of ether oxygens (including phenoxy) is 1. The van der Waals surface area contributed by atoms with Crippen molar-refractivity contribution in [3.63, 3.8) is 0 Å². The molecule has 0 radical (unpaired) electrons. The Morgan fingerprint density at radius 2 is 0.971 bits per heavy atom. The fourth-order valence-corrected chi connectivity index (χ4v) is 10.7. The second-order valence-electron chi connectivity index (χ2n) is 17.7. The number of aromatic nitrogens is 3. The molecule has 3 aromatic heterocycles. The highest BCUT2D eigenvalue weighted by Gasteiger charge is 2.41. The van der Waals surface area contributed by atoms with Gasteiger partial charge in [-0.3, -0.25) is 4.57 Å². The van der Waals surface area contributed by atoms with Crippen LogP contribution in [0.3, 0.4) is 0 Å². The van der Waals surface area contributed by atoms with Gasteiger partial charge in [-0.1, -0.05) is 146 Å². The molecule has 6 heteroatoms. The van der Waals surface area contributed by atoms with E-state index in [2.05, 4.69) is 255 Å². The van der Waals surface area contributed by atoms with E-state index >= 15 is 0 Å². The summed E-state index contributed by atoms with van der Waals surface area (Å²) in [7, 11) is 0. The van der Waals surface area contributed by atoms with Crippen LogP contribution in [-0.4, -0.2) is 20.1 Å². The summed E-state index contributed by atoms with van der Waals surface area (Å²) in [6.07, 6.45) is 1.84. The Morgan fingerprint density at radius 3 is 1.63 bits per heavy atom. The van der Waals surface area contributed by atoms with E-state index in [9.17, 15) is 0 Å². The van der Waals surface area contributed by atoms with E-state index < -0.39 is 0 Å². The van der Waals surface area contributed by atoms with Crippen molar-refractivity contribution in [2.24, 2.45) is 0 Å². The normalized spacial score (nSPS) is 12.2. The van der Waals surface area contributed by atoms with Crippen LogP contribution < -0.4 is 13.9 Å². The van der Waals surface area contributed by atoms with Crippen molar-refractivity contribution in [3.8, 4) is 45.3 Å². The molecule has 0 saturated carbocycles. The first-order valence-corrected chi connectivity index (χ1v) is 23.6. The molecule has 0 N–H and O–H groups in total. The smallest absolute Gasteiger partial charge is 0.457 e. The van der Waals surface area contributed by atoms with Crippen molar-refractivity contribution < 1.29 is 4.74 Å². The average Bonchev–Trinajstić information content (AvgIpc) is 4.09. The number of fused-ring (bicyclic) bond motifs is 9. The number of para-hydroxylation sites is 4. The Morgan fingerprint density at radius 1 is 0.386 bits per heavy atom. The molecule has 0 atom stereocenters. The largest absolute Gasteiger partial charge is 0.503 e. The van der Waals surface area contributed by atoms with Gasteiger partial charge in [-0.15, -0.1) is 0 Å². The van der Waals surface area contributed by atoms with E-state index in [1.165, 1.54) is 10.8 Å². The van der Waals surface area contributed by atoms with E-state index in [-0.39, 0.29) is 0 Å². The van der Waals surface area contributed by atoms with Crippen molar-refractivity contribution in [1.29, 1.82) is 0 Å². The molecule has 326 valence electrons. The molecule has 14 rings (SSSR count). The summed E-state index contributed by atoms with van der Waals surface area (Å²) in [5, 5.41) is 6.94. The zero-order chi connectivity index (χ0) is 46.1. The summed E-state index contributed by atoms with van der Waals surface area (Å²) >= 11 is 0. The summed E-state index contributed by atoms with van der Waals surface area (Å²) in [5.41, 5.74) is 13.8. The quantitative estimate of drug-likeness (QED) is 0.143. The topological polar surface area (TPSA) is 38.0 Å². The lowest BCUT2D eigenvalue weighted by molar-refractivity contribution is 0.483. The summed E-state index contributed by atoms with van der Waals surface area (Å²) < 4.78 is 16.2. The minimum Gasteiger partial charge on any atom is -0.457 e. The Hall–Kier alpha value is -9.61. The summed E-state index contributed by atoms with van der Waals surface area (Å²) in [4.78, 5) is 4.79. The van der Waals surface area contributed by atoms with Crippen molar-refractivity contribution in [1.82, 2.24) is 23.3 Å². The van der Waals surface area contributed by atoms with Crippen LogP contribution in [0.15, 0.2) is 249 Å². The maximum atomic E-state index is 7.14. The molecule has 0 saturated heterocycles. The van der Waals surface area contributed by atoms with E-state index in [4.69, 9.17) is 9.72 Å². The lowest BCUT2D eigenvalue weighted by Crippen LogP contribution is -2.05. The number of rotatable bonds is 8. The van der Waals surface area contributed by atoms with Gasteiger partial charge in [0.2, 0.25) is 11.4 Å². The van der Waals surface area contributed by atoms with Crippen LogP contribution in [0.25, 0.3) is 88.1 Å². The van der Waals surface area contributed by atoms with Gasteiger partial charge in [-0.05, 0) is 92.4 Å². The minimum absolute atomic E-state index is 0.687. The molecular formula is C64H41N5O+2. The van der Waals surface area contributed by atoms with Crippen LogP contribution in [0.5, 0.6) is 11.5 Å². The highest BCUT2D eigenvalue weighted by atomic mass is 16.5. The predicted octanol–water partition coefficient (Wildman–Crippen LogP) is 16.4. The highest BCUT2D eigenvalue weighted by molar-refractivity contribution is 6.11. The fraction of sp³-hybridized carbons (Fsp3) is 0. The van der Waals surface area contributed by atoms with Crippen LogP contribution >= 0.6 is 0 Å². The Kier molecular flexibility index (Phi) is 9.06. The molecule has 0 spiro atoms. The standard InChI is InChI=1S/C64H41N5O/c1-3-18-43(19-4-1)50-27-17-28-51(44-20-5-2-6-21-44)63(50)67-42-66(60-36-33-45-22-7-8-23-52(45)64(60)67)46-38-47(68-57-29-12-9-24-53(57)54-25-10-13-30-58(54)68)40-49(39-46)70-48-34-35-56-55-26-11-14-31-59(55)69(61(56)41-48)62-32-15-16-37-65-62/h1-41H/q+2. The molecular weight excluding hydrogens is 855 g/mol. The molecule has 13 aromatic rings. The SMILES string of the molecule is C1=[N+](c2cc(Oc3ccc4c5ccccc5n(-c5ccccn5)c4c3)cc(-n3c4ccccc4c4ccccc43)c2)c2ccc3ccccc3c2[N+]=1c1c(-c2ccccc2)cccc1-c1ccccc1. The number of nitrogens with zero attached hydrogens (tertiary/aromatic N) is 5. The van der Waals surface area contributed by atoms with E-state index in [0.29, 0.717) is 11.5 Å². The first-order chi connectivity index (χ1) is 34.7. The molecule has 4 heterocycles. The Balaban J connectivity index is 1.05. The van der Waals surface area contributed by atoms with Crippen LogP contribution in [0.1, 0.15) is 0 Å². The van der Waals surface area contributed by atoms with Gasteiger partial charge in [0.05, 0.1) is 50.3 Å². The third-order valence-electron chi connectivity index (χ3n) is 13.7. The molecule has 1 aliphatic heterocycles. The van der Waals surface area contributed by atoms with Gasteiger partial charge in [0, 0.05) is 52.0 Å². The van der Waals surface area contributed by atoms with Gasteiger partial charge >= 0.3 is 11.7 Å². The Bertz CT molecular complexity index is 4190. The molecule has 0 unspecified atom stereocenters. The lowest BCUT2D eigenvalue weighted by atomic mass is 9.95. The average molecular weight is 896 g/mol. The lowest BCUT2D eigenvalue weighted by Gasteiger charge is -2.13. The van der Waals surface area contributed by atoms with Gasteiger partial charge in [-0.2, -0.15) is 0 Å².